The summed E-state index contributed by atoms with van der Waals surface area (Å²) in [5.74, 6) is 0.942. The number of hydrogen-bond donors (Lipinski definition) is 1. The fourth-order valence-electron chi connectivity index (χ4n) is 2.35. The Hall–Kier alpha value is -1.63. The predicted molar refractivity (Wildman–Crippen MR) is 112 cm³/mol. The van der Waals surface area contributed by atoms with Gasteiger partial charge in [-0.1, -0.05) is 35.9 Å². The van der Waals surface area contributed by atoms with E-state index in [0.717, 1.165) is 32.0 Å². The molecule has 0 atom stereocenters. The summed E-state index contributed by atoms with van der Waals surface area (Å²) in [6, 6.07) is 12.7. The van der Waals surface area contributed by atoms with E-state index in [-0.39, 0.29) is 24.0 Å². The highest BCUT2D eigenvalue weighted by atomic mass is 127. The Morgan fingerprint density at radius 2 is 1.92 bits per heavy atom. The molecule has 0 aliphatic heterocycles. The van der Waals surface area contributed by atoms with E-state index in [4.69, 9.17) is 4.99 Å². The lowest BCUT2D eigenvalue weighted by atomic mass is 10.1. The van der Waals surface area contributed by atoms with Crippen molar-refractivity contribution in [2.45, 2.75) is 26.8 Å². The molecule has 130 valence electrons. The lowest BCUT2D eigenvalue weighted by Crippen LogP contribution is -2.38. The highest BCUT2D eigenvalue weighted by molar-refractivity contribution is 14.0. The van der Waals surface area contributed by atoms with Crippen LogP contribution in [-0.4, -0.2) is 36.0 Å². The molecule has 0 aliphatic rings. The molecule has 1 N–H and O–H groups in total. The summed E-state index contributed by atoms with van der Waals surface area (Å²) in [6.07, 6.45) is 4.60. The summed E-state index contributed by atoms with van der Waals surface area (Å²) < 4.78 is 0. The smallest absolute Gasteiger partial charge is 0.193 e. The van der Waals surface area contributed by atoms with E-state index in [1.807, 2.05) is 12.3 Å². The van der Waals surface area contributed by atoms with Gasteiger partial charge in [0.05, 0.1) is 0 Å². The van der Waals surface area contributed by atoms with Gasteiger partial charge in [0.15, 0.2) is 5.96 Å². The second-order valence-corrected chi connectivity index (χ2v) is 5.69. The van der Waals surface area contributed by atoms with Gasteiger partial charge in [0.1, 0.15) is 0 Å². The van der Waals surface area contributed by atoms with Crippen LogP contribution in [0.4, 0.5) is 0 Å². The molecule has 5 heteroatoms. The third-order valence-corrected chi connectivity index (χ3v) is 3.62. The highest BCUT2D eigenvalue weighted by Gasteiger charge is 2.06. The minimum absolute atomic E-state index is 0. The lowest BCUT2D eigenvalue weighted by molar-refractivity contribution is 0.477. The molecule has 0 aliphatic carbocycles. The lowest BCUT2D eigenvalue weighted by Gasteiger charge is -2.22. The molecule has 2 rings (SSSR count). The molecule has 0 saturated carbocycles. The first kappa shape index (κ1) is 20.4. The molecule has 1 heterocycles. The molecule has 1 aromatic carbocycles. The molecular weight excluding hydrogens is 411 g/mol. The number of hydrogen-bond acceptors (Lipinski definition) is 2. The van der Waals surface area contributed by atoms with E-state index < -0.39 is 0 Å². The van der Waals surface area contributed by atoms with Gasteiger partial charge in [-0.25, -0.2) is 0 Å². The van der Waals surface area contributed by atoms with Crippen molar-refractivity contribution in [1.82, 2.24) is 15.2 Å². The fourth-order valence-corrected chi connectivity index (χ4v) is 2.35. The molecular formula is C19H27IN4. The standard InChI is InChI=1S/C19H26N4.HI/c1-4-21-19(22-13-11-17-6-5-12-20-14-17)23(3)15-18-9-7-16(2)8-10-18;/h5-10,12,14H,4,11,13,15H2,1-3H3,(H,21,22);1H. The van der Waals surface area contributed by atoms with Crippen LogP contribution in [0.25, 0.3) is 0 Å². The number of benzene rings is 1. The summed E-state index contributed by atoms with van der Waals surface area (Å²) in [5.41, 5.74) is 3.79. The van der Waals surface area contributed by atoms with Crippen molar-refractivity contribution >= 4 is 29.9 Å². The Kier molecular flexibility index (Phi) is 9.37. The number of aryl methyl sites for hydroxylation is 1. The number of aliphatic imine (C=N–C) groups is 1. The van der Waals surface area contributed by atoms with E-state index in [1.54, 1.807) is 6.20 Å². The summed E-state index contributed by atoms with van der Waals surface area (Å²) >= 11 is 0. The van der Waals surface area contributed by atoms with E-state index in [0.29, 0.717) is 0 Å². The van der Waals surface area contributed by atoms with Crippen molar-refractivity contribution < 1.29 is 0 Å². The van der Waals surface area contributed by atoms with Gasteiger partial charge in [-0.15, -0.1) is 24.0 Å². The maximum Gasteiger partial charge on any atom is 0.193 e. The first-order chi connectivity index (χ1) is 11.2. The topological polar surface area (TPSA) is 40.5 Å². The number of halogens is 1. The van der Waals surface area contributed by atoms with E-state index >= 15 is 0 Å². The van der Waals surface area contributed by atoms with Gasteiger partial charge in [0, 0.05) is 39.1 Å². The second kappa shape index (κ2) is 11.0. The molecule has 0 amide bonds. The van der Waals surface area contributed by atoms with Crippen molar-refractivity contribution in [2.24, 2.45) is 4.99 Å². The Balaban J connectivity index is 0.00000288. The van der Waals surface area contributed by atoms with Crippen LogP contribution in [0.5, 0.6) is 0 Å². The third-order valence-electron chi connectivity index (χ3n) is 3.62. The second-order valence-electron chi connectivity index (χ2n) is 5.69. The van der Waals surface area contributed by atoms with Gasteiger partial charge in [-0.2, -0.15) is 0 Å². The van der Waals surface area contributed by atoms with Gasteiger partial charge in [0.25, 0.3) is 0 Å². The van der Waals surface area contributed by atoms with Crippen molar-refractivity contribution in [1.29, 1.82) is 0 Å². The minimum atomic E-state index is 0. The van der Waals surface area contributed by atoms with Crippen LogP contribution in [0.2, 0.25) is 0 Å². The summed E-state index contributed by atoms with van der Waals surface area (Å²) in [6.45, 7) is 6.67. The van der Waals surface area contributed by atoms with E-state index in [2.05, 4.69) is 66.4 Å². The molecule has 0 unspecified atom stereocenters. The Morgan fingerprint density at radius 3 is 2.54 bits per heavy atom. The van der Waals surface area contributed by atoms with Crippen LogP contribution >= 0.6 is 24.0 Å². The molecule has 2 aromatic rings. The normalized spacial score (nSPS) is 10.9. The van der Waals surface area contributed by atoms with Crippen molar-refractivity contribution in [3.05, 3.63) is 65.5 Å². The number of guanidine groups is 1. The zero-order chi connectivity index (χ0) is 16.5. The SMILES string of the molecule is CCNC(=NCCc1cccnc1)N(C)Cc1ccc(C)cc1.I. The van der Waals surface area contributed by atoms with Crippen LogP contribution in [0.3, 0.4) is 0 Å². The predicted octanol–water partition coefficient (Wildman–Crippen LogP) is 3.65. The Labute approximate surface area is 162 Å². The molecule has 4 nitrogen and oxygen atoms in total. The number of aromatic nitrogens is 1. The molecule has 0 bridgehead atoms. The zero-order valence-electron chi connectivity index (χ0n) is 14.7. The van der Waals surface area contributed by atoms with E-state index in [1.165, 1.54) is 16.7 Å². The largest absolute Gasteiger partial charge is 0.357 e. The summed E-state index contributed by atoms with van der Waals surface area (Å²) in [5, 5.41) is 3.36. The third kappa shape index (κ3) is 6.86. The molecule has 0 radical (unpaired) electrons. The van der Waals surface area contributed by atoms with Crippen LogP contribution in [-0.2, 0) is 13.0 Å². The number of nitrogens with zero attached hydrogens (tertiary/aromatic N) is 3. The molecule has 0 fully saturated rings. The zero-order valence-corrected chi connectivity index (χ0v) is 17.0. The van der Waals surface area contributed by atoms with Gasteiger partial charge in [-0.05, 0) is 37.5 Å². The highest BCUT2D eigenvalue weighted by Crippen LogP contribution is 2.06. The maximum atomic E-state index is 4.73. The van der Waals surface area contributed by atoms with Crippen LogP contribution in [0.1, 0.15) is 23.6 Å². The quantitative estimate of drug-likeness (QED) is 0.425. The summed E-state index contributed by atoms with van der Waals surface area (Å²) in [7, 11) is 2.07. The number of pyridine rings is 1. The minimum Gasteiger partial charge on any atom is -0.357 e. The monoisotopic (exact) mass is 438 g/mol. The van der Waals surface area contributed by atoms with Crippen molar-refractivity contribution in [3.8, 4) is 0 Å². The molecule has 0 saturated heterocycles. The maximum absolute atomic E-state index is 4.73. The van der Waals surface area contributed by atoms with Crippen molar-refractivity contribution in [2.75, 3.05) is 20.1 Å². The number of nitrogens with one attached hydrogen (secondary N) is 1. The Morgan fingerprint density at radius 1 is 1.17 bits per heavy atom. The molecule has 0 spiro atoms. The molecule has 1 aromatic heterocycles. The van der Waals surface area contributed by atoms with Gasteiger partial charge in [-0.3, -0.25) is 9.98 Å². The van der Waals surface area contributed by atoms with Crippen molar-refractivity contribution in [3.63, 3.8) is 0 Å². The first-order valence-electron chi connectivity index (χ1n) is 8.13. The Bertz CT molecular complexity index is 611. The van der Waals surface area contributed by atoms with Gasteiger partial charge < -0.3 is 10.2 Å². The van der Waals surface area contributed by atoms with Crippen LogP contribution < -0.4 is 5.32 Å². The van der Waals surface area contributed by atoms with Gasteiger partial charge in [0.2, 0.25) is 0 Å². The van der Waals surface area contributed by atoms with Crippen LogP contribution in [0, 0.1) is 6.92 Å². The average molecular weight is 438 g/mol. The number of rotatable bonds is 6. The fraction of sp³-hybridized carbons (Fsp3) is 0.368. The van der Waals surface area contributed by atoms with Crippen LogP contribution in [0.15, 0.2) is 53.8 Å². The average Bonchev–Trinajstić information content (AvgIpc) is 2.57. The van der Waals surface area contributed by atoms with E-state index in [9.17, 15) is 0 Å². The van der Waals surface area contributed by atoms with Gasteiger partial charge >= 0.3 is 0 Å². The first-order valence-corrected chi connectivity index (χ1v) is 8.13. The molecule has 24 heavy (non-hydrogen) atoms. The summed E-state index contributed by atoms with van der Waals surface area (Å²) in [4.78, 5) is 11.0.